The van der Waals surface area contributed by atoms with Crippen molar-refractivity contribution in [1.29, 1.82) is 0 Å². The van der Waals surface area contributed by atoms with E-state index < -0.39 is 6.04 Å². The summed E-state index contributed by atoms with van der Waals surface area (Å²) < 4.78 is 15.2. The van der Waals surface area contributed by atoms with Crippen LogP contribution < -0.4 is 5.32 Å². The van der Waals surface area contributed by atoms with Gasteiger partial charge in [-0.15, -0.1) is 0 Å². The molecule has 1 atom stereocenters. The summed E-state index contributed by atoms with van der Waals surface area (Å²) in [7, 11) is 1.87. The fourth-order valence-corrected chi connectivity index (χ4v) is 3.44. The highest BCUT2D eigenvalue weighted by Crippen LogP contribution is 2.22. The fourth-order valence-electron chi connectivity index (χ4n) is 3.44. The van der Waals surface area contributed by atoms with Gasteiger partial charge in [-0.25, -0.2) is 9.37 Å². The van der Waals surface area contributed by atoms with Gasteiger partial charge in [-0.1, -0.05) is 54.6 Å². The maximum Gasteiger partial charge on any atom is 0.225 e. The Labute approximate surface area is 162 Å². The Morgan fingerprint density at radius 2 is 1.82 bits per heavy atom. The van der Waals surface area contributed by atoms with Crippen molar-refractivity contribution in [3.05, 3.63) is 102 Å². The summed E-state index contributed by atoms with van der Waals surface area (Å²) in [6.07, 6.45) is 3.76. The van der Waals surface area contributed by atoms with E-state index in [2.05, 4.69) is 10.3 Å². The summed E-state index contributed by atoms with van der Waals surface area (Å²) in [6, 6.07) is 19.6. The van der Waals surface area contributed by atoms with Gasteiger partial charge in [-0.3, -0.25) is 4.79 Å². The summed E-state index contributed by atoms with van der Waals surface area (Å²) in [5.41, 5.74) is 1.75. The zero-order valence-corrected chi connectivity index (χ0v) is 15.5. The van der Waals surface area contributed by atoms with Gasteiger partial charge in [0.05, 0.1) is 6.42 Å². The van der Waals surface area contributed by atoms with Gasteiger partial charge in [-0.2, -0.15) is 0 Å². The molecule has 4 aromatic rings. The molecule has 1 amide bonds. The highest BCUT2D eigenvalue weighted by molar-refractivity contribution is 5.90. The largest absolute Gasteiger partial charge is 0.342 e. The number of hydrogen-bond donors (Lipinski definition) is 1. The van der Waals surface area contributed by atoms with Crippen molar-refractivity contribution in [3.8, 4) is 0 Å². The number of nitrogens with one attached hydrogen (secondary N) is 1. The molecule has 0 bridgehead atoms. The molecular weight excluding hydrogens is 353 g/mol. The van der Waals surface area contributed by atoms with E-state index in [9.17, 15) is 9.18 Å². The summed E-state index contributed by atoms with van der Waals surface area (Å²) in [6.45, 7) is 0. The van der Waals surface area contributed by atoms with Crippen LogP contribution in [0.3, 0.4) is 0 Å². The SMILES string of the molecule is Cn1ccnc1[C@H](NC(=O)Cc1cccc2ccccc12)c1ccc(F)cc1. The Morgan fingerprint density at radius 3 is 2.57 bits per heavy atom. The van der Waals surface area contributed by atoms with Crippen molar-refractivity contribution in [2.24, 2.45) is 7.05 Å². The number of carbonyl (C=O) groups is 1. The number of imidazole rings is 1. The third-order valence-electron chi connectivity index (χ3n) is 4.86. The lowest BCUT2D eigenvalue weighted by atomic mass is 10.0. The van der Waals surface area contributed by atoms with Gasteiger partial charge in [0.2, 0.25) is 5.91 Å². The molecule has 0 spiro atoms. The van der Waals surface area contributed by atoms with E-state index in [1.165, 1.54) is 12.1 Å². The van der Waals surface area contributed by atoms with E-state index in [1.54, 1.807) is 18.3 Å². The molecule has 0 unspecified atom stereocenters. The average molecular weight is 373 g/mol. The third-order valence-corrected chi connectivity index (χ3v) is 4.86. The Morgan fingerprint density at radius 1 is 1.07 bits per heavy atom. The van der Waals surface area contributed by atoms with E-state index in [4.69, 9.17) is 0 Å². The van der Waals surface area contributed by atoms with Crippen LogP contribution in [-0.4, -0.2) is 15.5 Å². The number of amides is 1. The second kappa shape index (κ2) is 7.64. The van der Waals surface area contributed by atoms with Gasteiger partial charge in [0, 0.05) is 19.4 Å². The molecule has 4 nitrogen and oxygen atoms in total. The molecular formula is C23H20FN3O. The molecule has 0 saturated heterocycles. The number of halogens is 1. The van der Waals surface area contributed by atoms with Crippen LogP contribution in [0, 0.1) is 5.82 Å². The predicted octanol–water partition coefficient (Wildman–Crippen LogP) is 4.16. The Balaban J connectivity index is 1.62. The first-order chi connectivity index (χ1) is 13.6. The van der Waals surface area contributed by atoms with E-state index in [0.29, 0.717) is 5.82 Å². The maximum absolute atomic E-state index is 13.4. The van der Waals surface area contributed by atoms with E-state index in [-0.39, 0.29) is 18.1 Å². The fraction of sp³-hybridized carbons (Fsp3) is 0.130. The van der Waals surface area contributed by atoms with Gasteiger partial charge in [-0.05, 0) is 34.0 Å². The zero-order valence-electron chi connectivity index (χ0n) is 15.5. The Kier molecular flexibility index (Phi) is 4.89. The predicted molar refractivity (Wildman–Crippen MR) is 107 cm³/mol. The minimum atomic E-state index is -0.455. The molecule has 1 aromatic heterocycles. The number of carbonyl (C=O) groups excluding carboxylic acids is 1. The van der Waals surface area contributed by atoms with Gasteiger partial charge >= 0.3 is 0 Å². The van der Waals surface area contributed by atoms with E-state index >= 15 is 0 Å². The molecule has 0 radical (unpaired) electrons. The normalized spacial score (nSPS) is 12.1. The number of nitrogens with zero attached hydrogens (tertiary/aromatic N) is 2. The molecule has 0 fully saturated rings. The lowest BCUT2D eigenvalue weighted by Gasteiger charge is -2.19. The molecule has 0 aliphatic rings. The Hall–Kier alpha value is -3.47. The second-order valence-corrected chi connectivity index (χ2v) is 6.76. The van der Waals surface area contributed by atoms with Gasteiger partial charge in [0.15, 0.2) is 0 Å². The molecule has 0 aliphatic heterocycles. The van der Waals surface area contributed by atoms with Crippen LogP contribution in [0.15, 0.2) is 79.1 Å². The summed E-state index contributed by atoms with van der Waals surface area (Å²) in [5, 5.41) is 5.23. The number of benzene rings is 3. The van der Waals surface area contributed by atoms with Crippen LogP contribution in [0.25, 0.3) is 10.8 Å². The molecule has 1 N–H and O–H groups in total. The number of aryl methyl sites for hydroxylation is 1. The monoisotopic (exact) mass is 373 g/mol. The zero-order chi connectivity index (χ0) is 19.5. The van der Waals surface area contributed by atoms with Crippen LogP contribution >= 0.6 is 0 Å². The van der Waals surface area contributed by atoms with Gasteiger partial charge in [0.25, 0.3) is 0 Å². The summed E-state index contributed by atoms with van der Waals surface area (Å²) in [5.74, 6) is 0.260. The topological polar surface area (TPSA) is 46.9 Å². The minimum absolute atomic E-state index is 0.117. The molecule has 4 rings (SSSR count). The van der Waals surface area contributed by atoms with Crippen LogP contribution in [0.5, 0.6) is 0 Å². The molecule has 28 heavy (non-hydrogen) atoms. The van der Waals surface area contributed by atoms with Crippen molar-refractivity contribution in [2.45, 2.75) is 12.5 Å². The third kappa shape index (κ3) is 3.64. The molecule has 140 valence electrons. The lowest BCUT2D eigenvalue weighted by molar-refractivity contribution is -0.121. The number of hydrogen-bond acceptors (Lipinski definition) is 2. The second-order valence-electron chi connectivity index (χ2n) is 6.76. The Bertz CT molecular complexity index is 1110. The first-order valence-electron chi connectivity index (χ1n) is 9.10. The average Bonchev–Trinajstić information content (AvgIpc) is 3.13. The van der Waals surface area contributed by atoms with Crippen molar-refractivity contribution < 1.29 is 9.18 Å². The van der Waals surface area contributed by atoms with E-state index in [1.807, 2.05) is 60.3 Å². The quantitative estimate of drug-likeness (QED) is 0.571. The highest BCUT2D eigenvalue weighted by atomic mass is 19.1. The minimum Gasteiger partial charge on any atom is -0.342 e. The molecule has 1 heterocycles. The molecule has 3 aromatic carbocycles. The van der Waals surface area contributed by atoms with Gasteiger partial charge < -0.3 is 9.88 Å². The van der Waals surface area contributed by atoms with Crippen LogP contribution in [0.4, 0.5) is 4.39 Å². The van der Waals surface area contributed by atoms with Crippen molar-refractivity contribution >= 4 is 16.7 Å². The van der Waals surface area contributed by atoms with Crippen molar-refractivity contribution in [1.82, 2.24) is 14.9 Å². The lowest BCUT2D eigenvalue weighted by Crippen LogP contribution is -2.32. The van der Waals surface area contributed by atoms with Crippen LogP contribution in [0.2, 0.25) is 0 Å². The summed E-state index contributed by atoms with van der Waals surface area (Å²) in [4.78, 5) is 17.3. The first kappa shape index (κ1) is 17.9. The van der Waals surface area contributed by atoms with Crippen molar-refractivity contribution in [2.75, 3.05) is 0 Å². The maximum atomic E-state index is 13.4. The molecule has 0 saturated carbocycles. The van der Waals surface area contributed by atoms with E-state index in [0.717, 1.165) is 21.9 Å². The smallest absolute Gasteiger partial charge is 0.225 e. The first-order valence-corrected chi connectivity index (χ1v) is 9.10. The number of fused-ring (bicyclic) bond motifs is 1. The van der Waals surface area contributed by atoms with Crippen LogP contribution in [0.1, 0.15) is 23.0 Å². The molecule has 0 aliphatic carbocycles. The highest BCUT2D eigenvalue weighted by Gasteiger charge is 2.21. The summed E-state index contributed by atoms with van der Waals surface area (Å²) >= 11 is 0. The standard InChI is InChI=1S/C23H20FN3O/c1-27-14-13-25-23(27)22(17-9-11-19(24)12-10-17)26-21(28)15-18-7-4-6-16-5-2-3-8-20(16)18/h2-14,22H,15H2,1H3,(H,26,28)/t22-/m1/s1. The van der Waals surface area contributed by atoms with Crippen LogP contribution in [-0.2, 0) is 18.3 Å². The van der Waals surface area contributed by atoms with Gasteiger partial charge in [0.1, 0.15) is 17.7 Å². The van der Waals surface area contributed by atoms with Crippen molar-refractivity contribution in [3.63, 3.8) is 0 Å². The number of rotatable bonds is 5. The molecule has 5 heteroatoms. The number of aromatic nitrogens is 2.